The molecular weight excluding hydrogens is 304 g/mol. The molecule has 0 saturated heterocycles. The van der Waals surface area contributed by atoms with E-state index in [9.17, 15) is 4.79 Å². The molecule has 0 unspecified atom stereocenters. The van der Waals surface area contributed by atoms with E-state index in [1.807, 2.05) is 31.2 Å². The van der Waals surface area contributed by atoms with Crippen LogP contribution in [0.15, 0.2) is 47.9 Å². The Morgan fingerprint density at radius 3 is 2.96 bits per heavy atom. The molecule has 3 N–H and O–H groups in total. The van der Waals surface area contributed by atoms with Crippen LogP contribution >= 0.6 is 0 Å². The molecule has 1 atom stereocenters. The van der Waals surface area contributed by atoms with Gasteiger partial charge in [-0.2, -0.15) is 0 Å². The fourth-order valence-corrected chi connectivity index (χ4v) is 2.57. The minimum atomic E-state index is -0.137. The number of rotatable bonds is 5. The van der Waals surface area contributed by atoms with Crippen molar-refractivity contribution in [1.29, 1.82) is 0 Å². The van der Waals surface area contributed by atoms with Crippen LogP contribution in [0.4, 0.5) is 5.69 Å². The number of pyridine rings is 1. The number of nitrogen functional groups attached to an aromatic ring is 1. The van der Waals surface area contributed by atoms with E-state index in [0.717, 1.165) is 29.7 Å². The third-order valence-corrected chi connectivity index (χ3v) is 3.91. The summed E-state index contributed by atoms with van der Waals surface area (Å²) in [7, 11) is 0. The largest absolute Gasteiger partial charge is 0.397 e. The van der Waals surface area contributed by atoms with Gasteiger partial charge in [-0.25, -0.2) is 0 Å². The van der Waals surface area contributed by atoms with Gasteiger partial charge >= 0.3 is 0 Å². The number of amides is 1. The average Bonchev–Trinajstić information content (AvgIpc) is 3.08. The molecular formula is C18H20N4O2. The van der Waals surface area contributed by atoms with E-state index in [1.54, 1.807) is 18.5 Å². The number of nitrogens with zero attached hydrogens (tertiary/aromatic N) is 2. The number of hydrogen-bond donors (Lipinski definition) is 2. The Bertz CT molecular complexity index is 773. The molecule has 0 aliphatic carbocycles. The van der Waals surface area contributed by atoms with Gasteiger partial charge in [0.05, 0.1) is 17.9 Å². The highest BCUT2D eigenvalue weighted by Crippen LogP contribution is 2.21. The smallest absolute Gasteiger partial charge is 0.251 e. The lowest BCUT2D eigenvalue weighted by molar-refractivity contribution is 0.0753. The fraction of sp³-hybridized carbons (Fsp3) is 0.278. The first-order chi connectivity index (χ1) is 11.7. The molecule has 6 heteroatoms. The van der Waals surface area contributed by atoms with Gasteiger partial charge in [0.25, 0.3) is 5.91 Å². The quantitative estimate of drug-likeness (QED) is 0.884. The van der Waals surface area contributed by atoms with Crippen molar-refractivity contribution < 1.29 is 9.63 Å². The molecule has 0 saturated carbocycles. The number of nitrogens with one attached hydrogen (secondary N) is 1. The normalized spacial score (nSPS) is 16.4. The number of carbonyl (C=O) groups excluding carboxylic acids is 1. The van der Waals surface area contributed by atoms with Crippen LogP contribution in [0, 0.1) is 0 Å². The van der Waals surface area contributed by atoms with E-state index >= 15 is 0 Å². The Labute approximate surface area is 140 Å². The molecule has 2 heterocycles. The maximum Gasteiger partial charge on any atom is 0.251 e. The van der Waals surface area contributed by atoms with Gasteiger partial charge < -0.3 is 15.9 Å². The van der Waals surface area contributed by atoms with Gasteiger partial charge in [0.1, 0.15) is 6.10 Å². The lowest BCUT2D eigenvalue weighted by Gasteiger charge is -2.11. The molecule has 0 bridgehead atoms. The minimum Gasteiger partial charge on any atom is -0.397 e. The third kappa shape index (κ3) is 3.71. The Morgan fingerprint density at radius 1 is 1.33 bits per heavy atom. The first-order valence-electron chi connectivity index (χ1n) is 7.96. The predicted octanol–water partition coefficient (Wildman–Crippen LogP) is 2.62. The molecule has 1 aliphatic heterocycles. The lowest BCUT2D eigenvalue weighted by atomic mass is 10.0. The summed E-state index contributed by atoms with van der Waals surface area (Å²) < 4.78 is 0. The van der Waals surface area contributed by atoms with Crippen molar-refractivity contribution in [2.75, 3.05) is 12.3 Å². The van der Waals surface area contributed by atoms with Gasteiger partial charge in [-0.1, -0.05) is 24.2 Å². The van der Waals surface area contributed by atoms with Crippen molar-refractivity contribution in [3.63, 3.8) is 0 Å². The maximum absolute atomic E-state index is 12.4. The van der Waals surface area contributed by atoms with E-state index in [1.165, 1.54) is 0 Å². The number of hydrogen-bond acceptors (Lipinski definition) is 5. The highest BCUT2D eigenvalue weighted by atomic mass is 16.6. The number of anilines is 1. The third-order valence-electron chi connectivity index (χ3n) is 3.91. The molecule has 6 nitrogen and oxygen atoms in total. The number of carbonyl (C=O) groups is 1. The molecule has 1 aromatic heterocycles. The molecule has 3 rings (SSSR count). The molecule has 1 aromatic carbocycles. The van der Waals surface area contributed by atoms with E-state index in [4.69, 9.17) is 10.6 Å². The summed E-state index contributed by atoms with van der Waals surface area (Å²) in [6, 6.07) is 9.21. The SMILES string of the molecule is CCC1=NO[C@@H](CNC(=O)c2cccc(-c3cncc(N)c3)c2)C1. The van der Waals surface area contributed by atoms with Gasteiger partial charge in [-0.05, 0) is 30.2 Å². The van der Waals surface area contributed by atoms with Crippen molar-refractivity contribution >= 4 is 17.3 Å². The number of oxime groups is 1. The zero-order valence-electron chi connectivity index (χ0n) is 13.5. The van der Waals surface area contributed by atoms with Crippen LogP contribution in [0.3, 0.4) is 0 Å². The van der Waals surface area contributed by atoms with Crippen LogP contribution in [0.2, 0.25) is 0 Å². The molecule has 0 spiro atoms. The summed E-state index contributed by atoms with van der Waals surface area (Å²) in [5, 5.41) is 6.89. The lowest BCUT2D eigenvalue weighted by Crippen LogP contribution is -2.32. The highest BCUT2D eigenvalue weighted by Gasteiger charge is 2.20. The van der Waals surface area contributed by atoms with Crippen LogP contribution in [0.1, 0.15) is 30.1 Å². The summed E-state index contributed by atoms with van der Waals surface area (Å²) in [6.45, 7) is 2.48. The second-order valence-corrected chi connectivity index (χ2v) is 5.74. The molecule has 0 fully saturated rings. The summed E-state index contributed by atoms with van der Waals surface area (Å²) in [6.07, 6.45) is 4.88. The Morgan fingerprint density at radius 2 is 2.21 bits per heavy atom. The van der Waals surface area contributed by atoms with Crippen molar-refractivity contribution in [1.82, 2.24) is 10.3 Å². The van der Waals surface area contributed by atoms with E-state index < -0.39 is 0 Å². The van der Waals surface area contributed by atoms with Gasteiger partial charge in [-0.3, -0.25) is 9.78 Å². The van der Waals surface area contributed by atoms with Crippen LogP contribution in [0.5, 0.6) is 0 Å². The van der Waals surface area contributed by atoms with Crippen LogP contribution in [-0.2, 0) is 4.84 Å². The Hall–Kier alpha value is -2.89. The summed E-state index contributed by atoms with van der Waals surface area (Å²) in [5.41, 5.74) is 9.76. The van der Waals surface area contributed by atoms with E-state index in [0.29, 0.717) is 17.8 Å². The maximum atomic E-state index is 12.4. The standard InChI is InChI=1S/C18H20N4O2/c1-2-16-8-17(24-22-16)11-21-18(23)13-5-3-4-12(6-13)14-7-15(19)10-20-9-14/h3-7,9-10,17H,2,8,11,19H2,1H3,(H,21,23)/t17-/m1/s1. The van der Waals surface area contributed by atoms with Crippen molar-refractivity contribution in [2.24, 2.45) is 5.16 Å². The molecule has 24 heavy (non-hydrogen) atoms. The monoisotopic (exact) mass is 324 g/mol. The van der Waals surface area contributed by atoms with Gasteiger partial charge in [0.15, 0.2) is 0 Å². The number of benzene rings is 1. The summed E-state index contributed by atoms with van der Waals surface area (Å²) in [4.78, 5) is 21.7. The number of aromatic nitrogens is 1. The first-order valence-corrected chi connectivity index (χ1v) is 7.96. The molecule has 1 amide bonds. The first kappa shape index (κ1) is 16.0. The molecule has 1 aliphatic rings. The van der Waals surface area contributed by atoms with Crippen molar-refractivity contribution in [2.45, 2.75) is 25.9 Å². The van der Waals surface area contributed by atoms with Crippen LogP contribution in [-0.4, -0.2) is 29.3 Å². The Kier molecular flexibility index (Phi) is 4.74. The molecule has 2 aromatic rings. The topological polar surface area (TPSA) is 89.6 Å². The second-order valence-electron chi connectivity index (χ2n) is 5.74. The van der Waals surface area contributed by atoms with Gasteiger partial charge in [0, 0.05) is 29.9 Å². The zero-order valence-corrected chi connectivity index (χ0v) is 13.5. The van der Waals surface area contributed by atoms with Gasteiger partial charge in [-0.15, -0.1) is 0 Å². The van der Waals surface area contributed by atoms with E-state index in [2.05, 4.69) is 15.5 Å². The van der Waals surface area contributed by atoms with E-state index in [-0.39, 0.29) is 12.0 Å². The second kappa shape index (κ2) is 7.12. The molecule has 124 valence electrons. The highest BCUT2D eigenvalue weighted by molar-refractivity contribution is 5.95. The summed E-state index contributed by atoms with van der Waals surface area (Å²) in [5.74, 6) is -0.137. The summed E-state index contributed by atoms with van der Waals surface area (Å²) >= 11 is 0. The van der Waals surface area contributed by atoms with Gasteiger partial charge in [0.2, 0.25) is 0 Å². The zero-order chi connectivity index (χ0) is 16.9. The minimum absolute atomic E-state index is 0.0785. The van der Waals surface area contributed by atoms with Crippen molar-refractivity contribution in [3.8, 4) is 11.1 Å². The fourth-order valence-electron chi connectivity index (χ4n) is 2.57. The average molecular weight is 324 g/mol. The molecule has 0 radical (unpaired) electrons. The van der Waals surface area contributed by atoms with Crippen LogP contribution < -0.4 is 11.1 Å². The van der Waals surface area contributed by atoms with Crippen LogP contribution in [0.25, 0.3) is 11.1 Å². The Balaban J connectivity index is 1.64. The van der Waals surface area contributed by atoms with Crippen molar-refractivity contribution in [3.05, 3.63) is 48.3 Å². The predicted molar refractivity (Wildman–Crippen MR) is 93.6 cm³/mol. The number of nitrogens with two attached hydrogens (primary N) is 1.